The molecule has 0 aliphatic carbocycles. The zero-order chi connectivity index (χ0) is 24.3. The molecule has 0 radical (unpaired) electrons. The average molecular weight is 494 g/mol. The molecule has 3 aromatic rings. The Morgan fingerprint density at radius 2 is 1.88 bits per heavy atom. The number of carbonyl (C=O) groups excluding carboxylic acids is 1. The summed E-state index contributed by atoms with van der Waals surface area (Å²) in [6.07, 6.45) is -2.42. The lowest BCUT2D eigenvalue weighted by molar-refractivity contribution is -0.117. The predicted molar refractivity (Wildman–Crippen MR) is 123 cm³/mol. The van der Waals surface area contributed by atoms with Crippen molar-refractivity contribution in [1.82, 2.24) is 4.72 Å². The fraction of sp³-hybridized carbons (Fsp3) is 0.261. The minimum Gasteiger partial charge on any atom is -0.487 e. The van der Waals surface area contributed by atoms with Gasteiger partial charge in [-0.2, -0.15) is 8.42 Å². The fourth-order valence-electron chi connectivity index (χ4n) is 3.64. The Bertz CT molecular complexity index is 1300. The summed E-state index contributed by atoms with van der Waals surface area (Å²) in [6, 6.07) is 15.3. The van der Waals surface area contributed by atoms with Crippen LogP contribution in [-0.2, 0) is 21.6 Å². The number of hydrogen-bond acceptors (Lipinski definition) is 5. The second kappa shape index (κ2) is 9.80. The Labute approximate surface area is 194 Å². The third-order valence-electron chi connectivity index (χ3n) is 5.25. The van der Waals surface area contributed by atoms with Crippen molar-refractivity contribution in [2.24, 2.45) is 0 Å². The van der Waals surface area contributed by atoms with Crippen LogP contribution in [0.15, 0.2) is 54.6 Å². The molecule has 0 spiro atoms. The Kier molecular flexibility index (Phi) is 6.82. The van der Waals surface area contributed by atoms with Crippen molar-refractivity contribution in [2.45, 2.75) is 25.9 Å². The SMILES string of the molecule is O=C1CN(c2c(OCc3ccccc3)cc3ccc(NCCCC(F)F)cc3c2F)S(=O)(=O)N1. The van der Waals surface area contributed by atoms with Crippen molar-refractivity contribution in [3.05, 3.63) is 66.0 Å². The van der Waals surface area contributed by atoms with E-state index >= 15 is 4.39 Å². The van der Waals surface area contributed by atoms with Gasteiger partial charge in [0.05, 0.1) is 0 Å². The highest BCUT2D eigenvalue weighted by Crippen LogP contribution is 2.40. The summed E-state index contributed by atoms with van der Waals surface area (Å²) in [7, 11) is -4.29. The normalized spacial score (nSPS) is 15.1. The van der Waals surface area contributed by atoms with Gasteiger partial charge < -0.3 is 10.1 Å². The maximum absolute atomic E-state index is 15.8. The average Bonchev–Trinajstić information content (AvgIpc) is 3.07. The highest BCUT2D eigenvalue weighted by molar-refractivity contribution is 7.92. The van der Waals surface area contributed by atoms with Crippen LogP contribution in [-0.4, -0.2) is 33.8 Å². The summed E-state index contributed by atoms with van der Waals surface area (Å²) in [4.78, 5) is 11.8. The number of nitrogens with one attached hydrogen (secondary N) is 2. The lowest BCUT2D eigenvalue weighted by atomic mass is 10.1. The van der Waals surface area contributed by atoms with Crippen molar-refractivity contribution in [2.75, 3.05) is 22.7 Å². The van der Waals surface area contributed by atoms with Gasteiger partial charge in [-0.15, -0.1) is 0 Å². The van der Waals surface area contributed by atoms with Gasteiger partial charge in [0.15, 0.2) is 5.82 Å². The lowest BCUT2D eigenvalue weighted by Gasteiger charge is -2.21. The van der Waals surface area contributed by atoms with Gasteiger partial charge in [0.25, 0.3) is 5.91 Å². The van der Waals surface area contributed by atoms with Crippen LogP contribution in [0, 0.1) is 5.82 Å². The molecule has 0 atom stereocenters. The Hall–Kier alpha value is -3.47. The topological polar surface area (TPSA) is 87.7 Å². The van der Waals surface area contributed by atoms with Gasteiger partial charge in [-0.1, -0.05) is 36.4 Å². The number of fused-ring (bicyclic) bond motifs is 1. The number of hydrogen-bond donors (Lipinski definition) is 2. The van der Waals surface area contributed by atoms with E-state index in [0.29, 0.717) is 15.4 Å². The minimum atomic E-state index is -4.29. The van der Waals surface area contributed by atoms with E-state index in [0.717, 1.165) is 5.56 Å². The molecule has 2 N–H and O–H groups in total. The molecular weight excluding hydrogens is 471 g/mol. The number of nitrogens with zero attached hydrogens (tertiary/aromatic N) is 1. The molecule has 1 aliphatic rings. The highest BCUT2D eigenvalue weighted by atomic mass is 32.2. The number of amides is 1. The molecule has 11 heteroatoms. The molecule has 34 heavy (non-hydrogen) atoms. The first kappa shape index (κ1) is 23.7. The molecule has 7 nitrogen and oxygen atoms in total. The van der Waals surface area contributed by atoms with Crippen LogP contribution in [0.1, 0.15) is 18.4 Å². The molecule has 3 aromatic carbocycles. The maximum Gasteiger partial charge on any atom is 0.326 e. The van der Waals surface area contributed by atoms with E-state index in [9.17, 15) is 22.0 Å². The summed E-state index contributed by atoms with van der Waals surface area (Å²) in [5.41, 5.74) is 0.899. The fourth-order valence-corrected chi connectivity index (χ4v) is 4.80. The number of carbonyl (C=O) groups is 1. The van der Waals surface area contributed by atoms with Crippen LogP contribution in [0.5, 0.6) is 5.75 Å². The van der Waals surface area contributed by atoms with Gasteiger partial charge in [0.1, 0.15) is 24.6 Å². The first-order valence-electron chi connectivity index (χ1n) is 10.5. The first-order valence-corrected chi connectivity index (χ1v) is 12.0. The molecule has 1 fully saturated rings. The number of anilines is 2. The lowest BCUT2D eigenvalue weighted by Crippen LogP contribution is -2.30. The van der Waals surface area contributed by atoms with Gasteiger partial charge in [0, 0.05) is 24.0 Å². The summed E-state index contributed by atoms with van der Waals surface area (Å²) >= 11 is 0. The molecule has 180 valence electrons. The molecule has 1 aliphatic heterocycles. The molecule has 1 saturated heterocycles. The van der Waals surface area contributed by atoms with E-state index in [4.69, 9.17) is 4.74 Å². The number of alkyl halides is 2. The van der Waals surface area contributed by atoms with E-state index in [1.54, 1.807) is 24.3 Å². The molecule has 0 saturated carbocycles. The van der Waals surface area contributed by atoms with E-state index in [1.165, 1.54) is 12.1 Å². The monoisotopic (exact) mass is 493 g/mol. The van der Waals surface area contributed by atoms with Gasteiger partial charge >= 0.3 is 10.2 Å². The molecule has 1 heterocycles. The number of rotatable bonds is 9. The summed E-state index contributed by atoms with van der Waals surface area (Å²) < 4.78 is 73.7. The number of ether oxygens (including phenoxy) is 1. The van der Waals surface area contributed by atoms with E-state index < -0.39 is 34.9 Å². The van der Waals surface area contributed by atoms with Crippen molar-refractivity contribution in [3.8, 4) is 5.75 Å². The standard InChI is InChI=1S/C23H22F3N3O4S/c24-20(25)7-4-10-27-17-9-8-16-11-19(33-14-15-5-2-1-3-6-15)23(22(26)18(16)12-17)29-13-21(30)28-34(29,31)32/h1-3,5-6,8-9,11-12,20,27H,4,7,10,13-14H2,(H,28,30). The molecule has 0 bridgehead atoms. The molecule has 4 rings (SSSR count). The van der Waals surface area contributed by atoms with Crippen LogP contribution in [0.4, 0.5) is 24.5 Å². The van der Waals surface area contributed by atoms with E-state index in [1.807, 2.05) is 22.9 Å². The van der Waals surface area contributed by atoms with Crippen LogP contribution in [0.2, 0.25) is 0 Å². The van der Waals surface area contributed by atoms with Crippen LogP contribution in [0.25, 0.3) is 10.8 Å². The van der Waals surface area contributed by atoms with E-state index in [-0.39, 0.29) is 42.8 Å². The predicted octanol–water partition coefficient (Wildman–Crippen LogP) is 4.20. The van der Waals surface area contributed by atoms with Gasteiger partial charge in [-0.05, 0) is 35.6 Å². The Morgan fingerprint density at radius 1 is 1.12 bits per heavy atom. The molecule has 1 amide bonds. The van der Waals surface area contributed by atoms with Crippen LogP contribution in [0.3, 0.4) is 0 Å². The number of halogens is 3. The Morgan fingerprint density at radius 3 is 2.56 bits per heavy atom. The van der Waals surface area contributed by atoms with Crippen molar-refractivity contribution in [1.29, 1.82) is 0 Å². The third kappa shape index (κ3) is 5.19. The summed E-state index contributed by atoms with van der Waals surface area (Å²) in [5.74, 6) is -1.70. The van der Waals surface area contributed by atoms with Crippen molar-refractivity contribution in [3.63, 3.8) is 0 Å². The van der Waals surface area contributed by atoms with Crippen molar-refractivity contribution >= 4 is 38.3 Å². The molecule has 0 aromatic heterocycles. The van der Waals surface area contributed by atoms with Crippen molar-refractivity contribution < 1.29 is 31.1 Å². The second-order valence-electron chi connectivity index (χ2n) is 7.74. The minimum absolute atomic E-state index is 0.0356. The van der Waals surface area contributed by atoms with Crippen LogP contribution < -0.4 is 19.1 Å². The number of benzene rings is 3. The quantitative estimate of drug-likeness (QED) is 0.437. The first-order chi connectivity index (χ1) is 16.2. The maximum atomic E-state index is 15.8. The largest absolute Gasteiger partial charge is 0.487 e. The van der Waals surface area contributed by atoms with Gasteiger partial charge in [-0.25, -0.2) is 22.2 Å². The van der Waals surface area contributed by atoms with Gasteiger partial charge in [0.2, 0.25) is 6.43 Å². The van der Waals surface area contributed by atoms with Gasteiger partial charge in [-0.3, -0.25) is 4.79 Å². The van der Waals surface area contributed by atoms with Crippen LogP contribution >= 0.6 is 0 Å². The zero-order valence-electron chi connectivity index (χ0n) is 17.9. The Balaban J connectivity index is 1.72. The zero-order valence-corrected chi connectivity index (χ0v) is 18.7. The highest BCUT2D eigenvalue weighted by Gasteiger charge is 2.38. The second-order valence-corrected chi connectivity index (χ2v) is 9.34. The third-order valence-corrected chi connectivity index (χ3v) is 6.63. The summed E-state index contributed by atoms with van der Waals surface area (Å²) in [5, 5.41) is 3.50. The molecular formula is C23H22F3N3O4S. The summed E-state index contributed by atoms with van der Waals surface area (Å²) in [6.45, 7) is -0.266. The van der Waals surface area contributed by atoms with E-state index in [2.05, 4.69) is 5.32 Å². The molecule has 0 unspecified atom stereocenters. The smallest absolute Gasteiger partial charge is 0.326 e.